The number of halogens is 1. The number of hydrogen-bond acceptors (Lipinski definition) is 4. The fourth-order valence-corrected chi connectivity index (χ4v) is 2.47. The highest BCUT2D eigenvalue weighted by molar-refractivity contribution is 9.11. The molecule has 0 aliphatic heterocycles. The standard InChI is InChI=1S/C18H15BrO4/c1-2-23-17-6-4-3-5-12(17)7-9-15(20)14-11-13(19)8-10-16(21)18(14)22/h3-11,14H,2H2,1H3/b9-7+. The molecule has 0 amide bonds. The van der Waals surface area contributed by atoms with Gasteiger partial charge in [0.2, 0.25) is 11.6 Å². The molecule has 1 aromatic rings. The van der Waals surface area contributed by atoms with Crippen LogP contribution in [0.15, 0.2) is 53.1 Å². The number of rotatable bonds is 5. The van der Waals surface area contributed by atoms with Crippen LogP contribution in [0.1, 0.15) is 12.5 Å². The molecule has 0 fully saturated rings. The highest BCUT2D eigenvalue weighted by Crippen LogP contribution is 2.21. The van der Waals surface area contributed by atoms with E-state index in [9.17, 15) is 14.4 Å². The van der Waals surface area contributed by atoms with E-state index < -0.39 is 23.3 Å². The Morgan fingerprint density at radius 1 is 1.26 bits per heavy atom. The van der Waals surface area contributed by atoms with Gasteiger partial charge in [0.15, 0.2) is 5.78 Å². The molecule has 0 saturated heterocycles. The van der Waals surface area contributed by atoms with Gasteiger partial charge in [-0.2, -0.15) is 0 Å². The van der Waals surface area contributed by atoms with Gasteiger partial charge in [-0.25, -0.2) is 0 Å². The number of ketones is 3. The van der Waals surface area contributed by atoms with E-state index in [2.05, 4.69) is 15.9 Å². The molecule has 0 saturated carbocycles. The summed E-state index contributed by atoms with van der Waals surface area (Å²) in [6.45, 7) is 2.38. The molecule has 1 aromatic carbocycles. The van der Waals surface area contributed by atoms with E-state index in [-0.39, 0.29) is 0 Å². The summed E-state index contributed by atoms with van der Waals surface area (Å²) in [4.78, 5) is 35.9. The van der Waals surface area contributed by atoms with Gasteiger partial charge < -0.3 is 4.74 Å². The van der Waals surface area contributed by atoms with Crippen molar-refractivity contribution in [2.45, 2.75) is 6.92 Å². The second-order valence-corrected chi connectivity index (χ2v) is 5.71. The zero-order valence-corrected chi connectivity index (χ0v) is 14.1. The van der Waals surface area contributed by atoms with E-state index in [0.717, 1.165) is 11.6 Å². The average molecular weight is 375 g/mol. The molecule has 1 unspecified atom stereocenters. The van der Waals surface area contributed by atoms with Gasteiger partial charge in [-0.05, 0) is 37.3 Å². The van der Waals surface area contributed by atoms with Crippen LogP contribution >= 0.6 is 15.9 Å². The van der Waals surface area contributed by atoms with Gasteiger partial charge in [-0.1, -0.05) is 40.2 Å². The van der Waals surface area contributed by atoms with Crippen LogP contribution in [-0.4, -0.2) is 24.0 Å². The van der Waals surface area contributed by atoms with Crippen molar-refractivity contribution in [1.82, 2.24) is 0 Å². The second-order valence-electron chi connectivity index (χ2n) is 4.80. The summed E-state index contributed by atoms with van der Waals surface area (Å²) in [5.74, 6) is -2.32. The number of Topliss-reactive ketones (excluding diaryl/α,β-unsaturated/α-hetero) is 1. The van der Waals surface area contributed by atoms with Crippen LogP contribution in [0.5, 0.6) is 5.75 Å². The predicted octanol–water partition coefficient (Wildman–Crippen LogP) is 3.27. The molecule has 0 N–H and O–H groups in total. The SMILES string of the molecule is CCOc1ccccc1/C=C/C(=O)C1C=C(Br)C=CC(=O)C1=O. The van der Waals surface area contributed by atoms with Crippen LogP contribution in [0.2, 0.25) is 0 Å². The van der Waals surface area contributed by atoms with E-state index in [4.69, 9.17) is 4.74 Å². The first-order valence-electron chi connectivity index (χ1n) is 7.10. The lowest BCUT2D eigenvalue weighted by Crippen LogP contribution is -2.26. The molecule has 0 aromatic heterocycles. The third kappa shape index (κ3) is 4.36. The summed E-state index contributed by atoms with van der Waals surface area (Å²) < 4.78 is 6.00. The first-order chi connectivity index (χ1) is 11.0. The Kier molecular flexibility index (Phi) is 5.82. The fraction of sp³-hybridized carbons (Fsp3) is 0.167. The normalized spacial score (nSPS) is 18.0. The molecule has 2 rings (SSSR count). The number of ether oxygens (including phenoxy) is 1. The summed E-state index contributed by atoms with van der Waals surface area (Å²) >= 11 is 3.20. The number of hydrogen-bond donors (Lipinski definition) is 0. The van der Waals surface area contributed by atoms with Crippen LogP contribution in [0.4, 0.5) is 0 Å². The Morgan fingerprint density at radius 2 is 2.00 bits per heavy atom. The van der Waals surface area contributed by atoms with E-state index in [1.165, 1.54) is 18.2 Å². The van der Waals surface area contributed by atoms with Crippen molar-refractivity contribution in [3.05, 3.63) is 58.6 Å². The van der Waals surface area contributed by atoms with E-state index in [0.29, 0.717) is 16.8 Å². The first-order valence-corrected chi connectivity index (χ1v) is 7.89. The maximum absolute atomic E-state index is 12.3. The minimum atomic E-state index is -1.11. The first kappa shape index (κ1) is 17.1. The second kappa shape index (κ2) is 7.83. The summed E-state index contributed by atoms with van der Waals surface area (Å²) in [5.41, 5.74) is 0.733. The molecule has 1 atom stereocenters. The highest BCUT2D eigenvalue weighted by atomic mass is 79.9. The Morgan fingerprint density at radius 3 is 2.74 bits per heavy atom. The van der Waals surface area contributed by atoms with Gasteiger partial charge >= 0.3 is 0 Å². The van der Waals surface area contributed by atoms with Gasteiger partial charge in [-0.15, -0.1) is 0 Å². The van der Waals surface area contributed by atoms with Crippen molar-refractivity contribution in [2.75, 3.05) is 6.61 Å². The zero-order chi connectivity index (χ0) is 16.8. The highest BCUT2D eigenvalue weighted by Gasteiger charge is 2.28. The monoisotopic (exact) mass is 374 g/mol. The van der Waals surface area contributed by atoms with Crippen LogP contribution in [0, 0.1) is 5.92 Å². The quantitative estimate of drug-likeness (QED) is 0.450. The third-order valence-corrected chi connectivity index (χ3v) is 3.73. The van der Waals surface area contributed by atoms with Crippen LogP contribution < -0.4 is 4.74 Å². The third-order valence-electron chi connectivity index (χ3n) is 3.20. The molecule has 23 heavy (non-hydrogen) atoms. The molecular weight excluding hydrogens is 360 g/mol. The van der Waals surface area contributed by atoms with Crippen molar-refractivity contribution in [3.63, 3.8) is 0 Å². The lowest BCUT2D eigenvalue weighted by atomic mass is 9.96. The molecule has 1 aliphatic carbocycles. The van der Waals surface area contributed by atoms with Gasteiger partial charge in [-0.3, -0.25) is 14.4 Å². The summed E-state index contributed by atoms with van der Waals surface area (Å²) in [6, 6.07) is 7.27. The number of allylic oxidation sites excluding steroid dienone is 5. The molecule has 0 spiro atoms. The fourth-order valence-electron chi connectivity index (χ4n) is 2.07. The molecule has 0 heterocycles. The van der Waals surface area contributed by atoms with E-state index >= 15 is 0 Å². The molecular formula is C18H15BrO4. The minimum absolute atomic E-state index is 0.449. The Bertz CT molecular complexity index is 728. The zero-order valence-electron chi connectivity index (χ0n) is 12.5. The molecule has 0 bridgehead atoms. The number of benzene rings is 1. The Hall–Kier alpha value is -2.27. The van der Waals surface area contributed by atoms with Crippen molar-refractivity contribution in [1.29, 1.82) is 0 Å². The predicted molar refractivity (Wildman–Crippen MR) is 91.3 cm³/mol. The summed E-state index contributed by atoms with van der Waals surface area (Å²) in [5, 5.41) is 0. The maximum atomic E-state index is 12.3. The van der Waals surface area contributed by atoms with Crippen molar-refractivity contribution in [2.24, 2.45) is 5.92 Å². The molecule has 118 valence electrons. The van der Waals surface area contributed by atoms with Crippen molar-refractivity contribution < 1.29 is 19.1 Å². The Labute approximate surface area is 142 Å². The number of carbonyl (C=O) groups is 3. The van der Waals surface area contributed by atoms with Gasteiger partial charge in [0.1, 0.15) is 11.7 Å². The molecule has 4 nitrogen and oxygen atoms in total. The molecule has 0 radical (unpaired) electrons. The summed E-state index contributed by atoms with van der Waals surface area (Å²) in [6.07, 6.45) is 6.94. The molecule has 1 aliphatic rings. The Balaban J connectivity index is 2.23. The van der Waals surface area contributed by atoms with Gasteiger partial charge in [0, 0.05) is 10.0 Å². The van der Waals surface area contributed by atoms with Crippen LogP contribution in [0.25, 0.3) is 6.08 Å². The lowest BCUT2D eigenvalue weighted by Gasteiger charge is -2.07. The van der Waals surface area contributed by atoms with E-state index in [1.54, 1.807) is 12.1 Å². The van der Waals surface area contributed by atoms with Gasteiger partial charge in [0.25, 0.3) is 0 Å². The maximum Gasteiger partial charge on any atom is 0.222 e. The average Bonchev–Trinajstić information content (AvgIpc) is 2.67. The van der Waals surface area contributed by atoms with Crippen LogP contribution in [-0.2, 0) is 14.4 Å². The topological polar surface area (TPSA) is 60.4 Å². The van der Waals surface area contributed by atoms with Crippen molar-refractivity contribution in [3.8, 4) is 5.75 Å². The van der Waals surface area contributed by atoms with E-state index in [1.807, 2.05) is 25.1 Å². The van der Waals surface area contributed by atoms with Crippen LogP contribution in [0.3, 0.4) is 0 Å². The lowest BCUT2D eigenvalue weighted by molar-refractivity contribution is -0.138. The number of para-hydroxylation sites is 1. The smallest absolute Gasteiger partial charge is 0.222 e. The summed E-state index contributed by atoms with van der Waals surface area (Å²) in [7, 11) is 0. The largest absolute Gasteiger partial charge is 0.493 e. The van der Waals surface area contributed by atoms with Gasteiger partial charge in [0.05, 0.1) is 6.61 Å². The number of carbonyl (C=O) groups excluding carboxylic acids is 3. The van der Waals surface area contributed by atoms with Crippen molar-refractivity contribution >= 4 is 39.4 Å². The minimum Gasteiger partial charge on any atom is -0.493 e. The molecule has 5 heteroatoms.